The molecule has 1 atom stereocenters. The molecule has 5 rings (SSSR count). The molecule has 0 unspecified atom stereocenters. The van der Waals surface area contributed by atoms with Crippen molar-refractivity contribution in [3.8, 4) is 33.8 Å². The predicted octanol–water partition coefficient (Wildman–Crippen LogP) is 9.24. The van der Waals surface area contributed by atoms with Crippen molar-refractivity contribution in [3.63, 3.8) is 0 Å². The Kier molecular flexibility index (Phi) is 11.3. The van der Waals surface area contributed by atoms with Crippen LogP contribution >= 0.6 is 11.6 Å². The number of alkyl halides is 4. The van der Waals surface area contributed by atoms with E-state index in [2.05, 4.69) is 23.8 Å². The third kappa shape index (κ3) is 7.82. The second-order valence-corrected chi connectivity index (χ2v) is 11.7. The minimum Gasteiger partial charge on any atom is -0.491 e. The number of halogens is 6. The number of rotatable bonds is 9. The van der Waals surface area contributed by atoms with Crippen LogP contribution in [0.2, 0.25) is 5.02 Å². The van der Waals surface area contributed by atoms with Gasteiger partial charge in [-0.05, 0) is 73.7 Å². The number of nitrogens with two attached hydrogens (primary N) is 1. The first-order valence-electron chi connectivity index (χ1n) is 14.4. The Hall–Kier alpha value is -4.09. The molecule has 0 aliphatic carbocycles. The maximum atomic E-state index is 14.2. The van der Waals surface area contributed by atoms with Crippen molar-refractivity contribution in [1.82, 2.24) is 9.97 Å². The lowest BCUT2D eigenvalue weighted by Crippen LogP contribution is -2.29. The summed E-state index contributed by atoms with van der Waals surface area (Å²) >= 11 is 5.59. The molecule has 2 aromatic heterocycles. The Morgan fingerprint density at radius 3 is 2.20 bits per heavy atom. The molecule has 244 valence electrons. The lowest BCUT2D eigenvalue weighted by atomic mass is 9.95. The molecule has 2 N–H and O–H groups in total. The molecule has 0 spiro atoms. The molecule has 12 heteroatoms. The molecule has 1 aliphatic rings. The second kappa shape index (κ2) is 15.0. The van der Waals surface area contributed by atoms with Crippen molar-refractivity contribution in [1.29, 1.82) is 0 Å². The summed E-state index contributed by atoms with van der Waals surface area (Å²) in [6.45, 7) is 8.05. The van der Waals surface area contributed by atoms with Crippen LogP contribution in [0.1, 0.15) is 71.6 Å². The van der Waals surface area contributed by atoms with Crippen molar-refractivity contribution in [2.24, 2.45) is 11.7 Å². The lowest BCUT2D eigenvalue weighted by molar-refractivity contribution is 0.112. The standard InChI is InChI=1S/C20H24F2N2O2.C14H9ClF3NO/c1-11(2)6-14(23)10-25-17-5-4-15-16-7-12(3)24-8-13(16)9-26-19(15)18(17)20(21)22;1-7-4-10(8(6-20)5-19-7)9-2-3-11(15)12(13(9)16)14(17)18/h4-5,7-8,11,14,20H,6,9-10,23H2,1-3H3;2-6,14H,1H3/t14-;/m0./s1. The average molecular weight is 662 g/mol. The Labute approximate surface area is 268 Å². The minimum absolute atomic E-state index is 0.0997. The van der Waals surface area contributed by atoms with Gasteiger partial charge >= 0.3 is 0 Å². The van der Waals surface area contributed by atoms with E-state index in [4.69, 9.17) is 26.8 Å². The van der Waals surface area contributed by atoms with Crippen LogP contribution in [0.4, 0.5) is 22.0 Å². The van der Waals surface area contributed by atoms with Gasteiger partial charge in [-0.2, -0.15) is 0 Å². The summed E-state index contributed by atoms with van der Waals surface area (Å²) in [7, 11) is 0. The van der Waals surface area contributed by atoms with Crippen molar-refractivity contribution in [2.75, 3.05) is 6.61 Å². The van der Waals surface area contributed by atoms with Crippen LogP contribution < -0.4 is 15.2 Å². The number of ether oxygens (including phenoxy) is 2. The van der Waals surface area contributed by atoms with Gasteiger partial charge in [-0.15, -0.1) is 0 Å². The lowest BCUT2D eigenvalue weighted by Gasteiger charge is -2.25. The summed E-state index contributed by atoms with van der Waals surface area (Å²) in [5, 5.41) is -0.348. The smallest absolute Gasteiger partial charge is 0.271 e. The van der Waals surface area contributed by atoms with Gasteiger partial charge in [-0.1, -0.05) is 25.4 Å². The number of hydrogen-bond acceptors (Lipinski definition) is 6. The zero-order valence-corrected chi connectivity index (χ0v) is 26.3. The molecule has 0 saturated carbocycles. The van der Waals surface area contributed by atoms with E-state index >= 15 is 0 Å². The van der Waals surface area contributed by atoms with E-state index in [0.717, 1.165) is 23.2 Å². The third-order valence-electron chi connectivity index (χ3n) is 7.22. The zero-order valence-electron chi connectivity index (χ0n) is 25.6. The van der Waals surface area contributed by atoms with Crippen molar-refractivity contribution in [3.05, 3.63) is 93.3 Å². The number of carbonyl (C=O) groups is 1. The Morgan fingerprint density at radius 1 is 0.935 bits per heavy atom. The highest BCUT2D eigenvalue weighted by molar-refractivity contribution is 6.31. The molecule has 0 saturated heterocycles. The number of hydrogen-bond donors (Lipinski definition) is 1. The number of aryl methyl sites for hydroxylation is 2. The molecular formula is C34H33ClF5N3O3. The fourth-order valence-corrected chi connectivity index (χ4v) is 5.36. The average Bonchev–Trinajstić information content (AvgIpc) is 2.99. The van der Waals surface area contributed by atoms with Crippen molar-refractivity contribution in [2.45, 2.75) is 59.6 Å². The molecule has 4 aromatic rings. The molecule has 0 amide bonds. The molecule has 46 heavy (non-hydrogen) atoms. The van der Waals surface area contributed by atoms with Crippen LogP contribution in [0.3, 0.4) is 0 Å². The number of aldehydes is 1. The van der Waals surface area contributed by atoms with Gasteiger partial charge in [-0.25, -0.2) is 22.0 Å². The molecule has 2 aromatic carbocycles. The summed E-state index contributed by atoms with van der Waals surface area (Å²) in [5.41, 5.74) is 8.95. The zero-order chi connectivity index (χ0) is 33.7. The largest absolute Gasteiger partial charge is 0.491 e. The Balaban J connectivity index is 0.000000216. The SMILES string of the molecule is Cc1cc(-c2ccc(Cl)c(C(F)F)c2F)c(C=O)cn1.Cc1cc2c(cn1)COc1c-2ccc(OC[C@@H](N)CC(C)C)c1C(F)F. The Bertz CT molecular complexity index is 1720. The van der Waals surface area contributed by atoms with E-state index in [1.54, 1.807) is 25.3 Å². The maximum absolute atomic E-state index is 14.2. The van der Waals surface area contributed by atoms with Gasteiger partial charge < -0.3 is 15.2 Å². The van der Waals surface area contributed by atoms with E-state index in [1.807, 2.05) is 13.0 Å². The summed E-state index contributed by atoms with van der Waals surface area (Å²) < 4.78 is 78.8. The van der Waals surface area contributed by atoms with Crippen molar-refractivity contribution < 1.29 is 36.2 Å². The topological polar surface area (TPSA) is 87.3 Å². The quantitative estimate of drug-likeness (QED) is 0.142. The predicted molar refractivity (Wildman–Crippen MR) is 166 cm³/mol. The highest BCUT2D eigenvalue weighted by atomic mass is 35.5. The maximum Gasteiger partial charge on any atom is 0.271 e. The second-order valence-electron chi connectivity index (χ2n) is 11.3. The number of fused-ring (bicyclic) bond motifs is 3. The van der Waals surface area contributed by atoms with Crippen LogP contribution in [0.5, 0.6) is 11.5 Å². The fraction of sp³-hybridized carbons (Fsp3) is 0.324. The normalized spacial score (nSPS) is 12.7. The number of benzene rings is 2. The molecule has 1 aliphatic heterocycles. The Morgan fingerprint density at radius 2 is 1.57 bits per heavy atom. The van der Waals surface area contributed by atoms with Crippen LogP contribution in [0, 0.1) is 25.6 Å². The van der Waals surface area contributed by atoms with E-state index < -0.39 is 24.2 Å². The highest BCUT2D eigenvalue weighted by Crippen LogP contribution is 2.47. The molecule has 0 radical (unpaired) electrons. The molecule has 6 nitrogen and oxygen atoms in total. The van der Waals surface area contributed by atoms with Crippen LogP contribution in [-0.2, 0) is 6.61 Å². The van der Waals surface area contributed by atoms with Crippen LogP contribution in [0.15, 0.2) is 48.8 Å². The summed E-state index contributed by atoms with van der Waals surface area (Å²) in [6.07, 6.45) is -1.47. The minimum atomic E-state index is -3.04. The van der Waals surface area contributed by atoms with E-state index in [0.29, 0.717) is 23.5 Å². The number of carbonyl (C=O) groups excluding carboxylic acids is 1. The molecular weight excluding hydrogens is 629 g/mol. The first-order chi connectivity index (χ1) is 21.8. The molecule has 3 heterocycles. The van der Waals surface area contributed by atoms with Gasteiger partial charge in [0.05, 0.1) is 10.6 Å². The first kappa shape index (κ1) is 34.8. The van der Waals surface area contributed by atoms with E-state index in [1.165, 1.54) is 24.4 Å². The molecule has 0 bridgehead atoms. The number of nitrogens with zero attached hydrogens (tertiary/aromatic N) is 2. The van der Waals surface area contributed by atoms with Gasteiger partial charge in [0.25, 0.3) is 12.9 Å². The first-order valence-corrected chi connectivity index (χ1v) is 14.8. The number of aromatic nitrogens is 2. The van der Waals surface area contributed by atoms with E-state index in [9.17, 15) is 26.7 Å². The number of pyridine rings is 2. The van der Waals surface area contributed by atoms with Gasteiger partial charge in [0.1, 0.15) is 36.1 Å². The van der Waals surface area contributed by atoms with Gasteiger partial charge in [0.15, 0.2) is 6.29 Å². The monoisotopic (exact) mass is 661 g/mol. The third-order valence-corrected chi connectivity index (χ3v) is 7.55. The summed E-state index contributed by atoms with van der Waals surface area (Å²) in [6, 6.07) is 8.96. The molecule has 0 fully saturated rings. The van der Waals surface area contributed by atoms with Crippen molar-refractivity contribution >= 4 is 17.9 Å². The van der Waals surface area contributed by atoms with Crippen LogP contribution in [-0.4, -0.2) is 28.9 Å². The van der Waals surface area contributed by atoms with Crippen LogP contribution in [0.25, 0.3) is 22.3 Å². The van der Waals surface area contributed by atoms with Gasteiger partial charge in [0.2, 0.25) is 0 Å². The summed E-state index contributed by atoms with van der Waals surface area (Å²) in [5.74, 6) is -0.384. The summed E-state index contributed by atoms with van der Waals surface area (Å²) in [4.78, 5) is 19.1. The fourth-order valence-electron chi connectivity index (χ4n) is 5.13. The van der Waals surface area contributed by atoms with E-state index in [-0.39, 0.29) is 58.0 Å². The van der Waals surface area contributed by atoms with Gasteiger partial charge in [-0.3, -0.25) is 14.8 Å². The van der Waals surface area contributed by atoms with Gasteiger partial charge in [0, 0.05) is 52.1 Å². The highest BCUT2D eigenvalue weighted by Gasteiger charge is 2.28.